The minimum absolute atomic E-state index is 0.0322. The zero-order chi connectivity index (χ0) is 89.9. The Bertz CT molecular complexity index is 3990. The number of carbonyl (C=O) groups is 1. The van der Waals surface area contributed by atoms with Crippen molar-refractivity contribution >= 4 is 27.7 Å². The molecule has 63 nitrogen and oxygen atoms in total. The van der Waals surface area contributed by atoms with Crippen molar-refractivity contribution in [2.45, 2.75) is 85.6 Å². The van der Waals surface area contributed by atoms with E-state index in [4.69, 9.17) is 37.9 Å². The number of unbranched alkanes of at least 4 members (excludes halogenated alkanes) is 5. The van der Waals surface area contributed by atoms with Crippen LogP contribution in [0, 0.1) is 106 Å². The van der Waals surface area contributed by atoms with E-state index in [9.17, 15) is 125 Å². The number of hydrogen-bond acceptors (Lipinski definition) is 50. The van der Waals surface area contributed by atoms with Crippen LogP contribution in [0.2, 0.25) is 0 Å². The number of carbonyl (C=O) groups excluding carboxylic acids is 1. The zero-order valence-corrected chi connectivity index (χ0v) is 63.4. The quantitative estimate of drug-likeness (QED) is 0.00436. The summed E-state index contributed by atoms with van der Waals surface area (Å²) in [5, 5.41) is 124. The van der Waals surface area contributed by atoms with Crippen LogP contribution >= 0.6 is 0 Å². The number of aliphatic imine (C=N–C) groups is 1. The van der Waals surface area contributed by atoms with E-state index in [1.165, 1.54) is 47.7 Å². The fraction of sp³-hybridized carbons (Fsp3) is 0.509. The number of ether oxygens (including phenoxy) is 1. The Hall–Kier alpha value is -14.8. The molecular formula is C55H83N25O38S. The molecule has 11 N–H and O–H groups in total. The number of pyridine rings is 2. The Morgan fingerprint density at radius 1 is 0.546 bits per heavy atom. The summed E-state index contributed by atoms with van der Waals surface area (Å²) in [4.78, 5) is 163. The van der Waals surface area contributed by atoms with E-state index in [-0.39, 0.29) is 86.3 Å². The minimum Gasteiger partial charge on any atom is -0.858 e. The molecule has 6 aromatic rings. The van der Waals surface area contributed by atoms with Gasteiger partial charge in [-0.2, -0.15) is 0 Å². The third-order valence-electron chi connectivity index (χ3n) is 12.3. The van der Waals surface area contributed by atoms with Gasteiger partial charge in [0.15, 0.2) is 0 Å². The Kier molecular flexibility index (Phi) is 57.7. The van der Waals surface area contributed by atoms with Crippen LogP contribution in [-0.4, -0.2) is 232 Å². The van der Waals surface area contributed by atoms with Crippen molar-refractivity contribution in [1.29, 1.82) is 0 Å². The summed E-state index contributed by atoms with van der Waals surface area (Å²) in [6.07, 6.45) is 8.58. The Morgan fingerprint density at radius 3 is 1.41 bits per heavy atom. The second-order valence-corrected chi connectivity index (χ2v) is 23.3. The smallest absolute Gasteiger partial charge is 0.415 e. The maximum absolute atomic E-state index is 12.4. The monoisotopic (exact) mass is 1730 g/mol. The lowest BCUT2D eigenvalue weighted by atomic mass is 10.2. The third-order valence-corrected chi connectivity index (χ3v) is 14.0. The van der Waals surface area contributed by atoms with Gasteiger partial charge in [0.25, 0.3) is 72.3 Å². The lowest BCUT2D eigenvalue weighted by Crippen LogP contribution is -2.38. The van der Waals surface area contributed by atoms with Crippen molar-refractivity contribution in [3.05, 3.63) is 227 Å². The first kappa shape index (κ1) is 106. The molecule has 4 heterocycles. The summed E-state index contributed by atoms with van der Waals surface area (Å²) in [7, 11) is -0.382. The van der Waals surface area contributed by atoms with Crippen LogP contribution in [0.4, 0.5) is 6.01 Å². The molecule has 2 aromatic carbocycles. The van der Waals surface area contributed by atoms with Crippen LogP contribution in [0.15, 0.2) is 134 Å². The average Bonchev–Trinajstić information content (AvgIpc) is 1.67. The van der Waals surface area contributed by atoms with E-state index in [0.717, 1.165) is 38.5 Å². The van der Waals surface area contributed by atoms with Gasteiger partial charge in [-0.3, -0.25) is 23.9 Å². The number of sulfone groups is 1. The molecule has 0 aliphatic carbocycles. The van der Waals surface area contributed by atoms with Crippen LogP contribution in [-0.2, 0) is 58.2 Å². The Balaban J connectivity index is 0. The number of nitrogens with zero attached hydrogens (tertiary/aromatic N) is 19. The molecule has 0 fully saturated rings. The number of amides is 1. The highest BCUT2D eigenvalue weighted by atomic mass is 32.2. The highest BCUT2D eigenvalue weighted by Gasteiger charge is 2.36. The standard InChI is InChI=1S/C13H9N5O2.C12H15N3O5S.C9H10N4O7.C6H14N2O3.C5H12N2O3.C4H9N3O6.2C3H7N3O6/c19-12(10-5-4-8-14-9-10)15-13-16-18(17-20-13)11-6-2-1-3-7-11;1-14(2)8-9-19-11-12(15(16)20-13-11)21(17,18)10-6-4-3-5-7-10;14-9(7-2-1-3-10-4-7)11-5-8(20-13(17)18)6-19-12(15)16;7-5-3-1-2-4-6-11-8(9)10;6-4-2-1-3-5-10-7(8)9;5-4(3-13-7(10)11)1-2-12-6(8)9;2*4-1-3(12-6(9)10)2-11-5(7)8/h1-9H;3-7H,8-9H2,1-2H3;1-4,8H,5-6H2,(H,11,14);1-7H2;1-6H2;4H,1-3,5H2;2*3H,1-2,4H2/t;;8-;;;4-;2*3-/m..1..010/s1. The molecular weight excluding hydrogens is 1650 g/mol. The maximum Gasteiger partial charge on any atom is 0.415 e. The molecule has 0 bridgehead atoms. The van der Waals surface area contributed by atoms with E-state index in [1.54, 1.807) is 36.5 Å². The van der Waals surface area contributed by atoms with Gasteiger partial charge in [0.05, 0.1) is 35.4 Å². The van der Waals surface area contributed by atoms with Gasteiger partial charge in [0, 0.05) is 80.6 Å². The van der Waals surface area contributed by atoms with Crippen molar-refractivity contribution < 1.29 is 141 Å². The van der Waals surface area contributed by atoms with Crippen LogP contribution in [0.3, 0.4) is 0 Å². The molecule has 6 rings (SSSR count). The lowest BCUT2D eigenvalue weighted by Gasteiger charge is -2.14. The van der Waals surface area contributed by atoms with E-state index < -0.39 is 122 Å². The number of aromatic nitrogens is 7. The second kappa shape index (κ2) is 64.6. The maximum atomic E-state index is 12.4. The fourth-order valence-corrected chi connectivity index (χ4v) is 8.23. The van der Waals surface area contributed by atoms with Crippen LogP contribution in [0.5, 0.6) is 5.88 Å². The number of nitrogens with two attached hydrogens (primary N) is 5. The van der Waals surface area contributed by atoms with E-state index in [2.05, 4.69) is 88.8 Å². The number of likely N-dealkylation sites (N-methyl/N-ethyl adjacent to an activating group) is 1. The van der Waals surface area contributed by atoms with Gasteiger partial charge in [-0.1, -0.05) is 61.7 Å². The van der Waals surface area contributed by atoms with E-state index in [1.807, 2.05) is 49.3 Å². The Labute approximate surface area is 667 Å². The first-order valence-electron chi connectivity index (χ1n) is 33.2. The summed E-state index contributed by atoms with van der Waals surface area (Å²) in [5.74, 6) is -1.37. The van der Waals surface area contributed by atoms with Gasteiger partial charge in [-0.05, 0) is 94.5 Å². The van der Waals surface area contributed by atoms with Gasteiger partial charge < -0.3 is 102 Å². The fourth-order valence-electron chi connectivity index (χ4n) is 6.94. The summed E-state index contributed by atoms with van der Waals surface area (Å²) in [6, 6.07) is 22.3. The highest BCUT2D eigenvalue weighted by molar-refractivity contribution is 7.91. The number of para-hydroxylation sites is 1. The first-order valence-corrected chi connectivity index (χ1v) is 34.6. The summed E-state index contributed by atoms with van der Waals surface area (Å²) in [5.41, 5.74) is 27.0. The second-order valence-electron chi connectivity index (χ2n) is 21.5. The molecule has 0 aliphatic rings. The Morgan fingerprint density at radius 2 is 0.975 bits per heavy atom. The number of nitrogens with one attached hydrogen (secondary N) is 1. The highest BCUT2D eigenvalue weighted by Crippen LogP contribution is 2.25. The molecule has 662 valence electrons. The molecule has 0 radical (unpaired) electrons. The van der Waals surface area contributed by atoms with E-state index >= 15 is 0 Å². The normalized spacial score (nSPS) is 11.2. The summed E-state index contributed by atoms with van der Waals surface area (Å²) < 4.78 is 39.3. The SMILES string of the molecule is CN(C)CCOc1no[n+]([O-])c1S(=O)(=O)c1ccccc1.NCCCCCCO[N+](=O)[O-].NCCCCCO[N+](=O)[O-].NC[C@@H](CO[N+](=O)[O-])O[N+](=O)[O-].NC[C@H](CO[N+](=O)[O-])O[N+](=O)[O-].N[C@@H](CCO[N+](=O)[O-])CO[N+](=O)[O-].O=C(NC[C@H](CO[N+](=O)[O-])O[N+](=O)[O-])c1cccnc1.[O-]C(=Nc1n[n+](-c2ccccc2)no1)c1cccnc1. The van der Waals surface area contributed by atoms with Gasteiger partial charge in [0.2, 0.25) is 5.27 Å². The van der Waals surface area contributed by atoms with Crippen molar-refractivity contribution in [3.8, 4) is 11.6 Å². The molecule has 4 aromatic heterocycles. The van der Waals surface area contributed by atoms with Crippen molar-refractivity contribution in [1.82, 2.24) is 35.7 Å². The van der Waals surface area contributed by atoms with Crippen LogP contribution in [0.1, 0.15) is 67.3 Å². The van der Waals surface area contributed by atoms with Crippen LogP contribution in [0.25, 0.3) is 5.69 Å². The topological polar surface area (TPSA) is 886 Å². The predicted molar refractivity (Wildman–Crippen MR) is 382 cm³/mol. The van der Waals surface area contributed by atoms with Gasteiger partial charge >= 0.3 is 16.9 Å². The van der Waals surface area contributed by atoms with Crippen molar-refractivity contribution in [2.24, 2.45) is 33.7 Å². The zero-order valence-electron chi connectivity index (χ0n) is 62.6. The molecule has 119 heavy (non-hydrogen) atoms. The van der Waals surface area contributed by atoms with Crippen LogP contribution < -0.4 is 53.5 Å². The number of benzene rings is 2. The number of rotatable bonds is 49. The molecule has 64 heteroatoms. The van der Waals surface area contributed by atoms with E-state index in [0.29, 0.717) is 37.3 Å². The molecule has 0 saturated heterocycles. The largest absolute Gasteiger partial charge is 0.858 e. The summed E-state index contributed by atoms with van der Waals surface area (Å²) in [6.45, 7) is -0.627. The van der Waals surface area contributed by atoms with Gasteiger partial charge in [-0.25, -0.2) is 13.4 Å². The van der Waals surface area contributed by atoms with Crippen molar-refractivity contribution in [3.63, 3.8) is 0 Å². The molecule has 0 unspecified atom stereocenters. The van der Waals surface area contributed by atoms with Gasteiger partial charge in [-0.15, -0.1) is 101 Å². The average molecular weight is 1730 g/mol. The predicted octanol–water partition coefficient (Wildman–Crippen LogP) is -2.52. The molecule has 0 spiro atoms. The minimum atomic E-state index is -4.05. The van der Waals surface area contributed by atoms with Crippen molar-refractivity contribution in [2.75, 3.05) is 106 Å². The summed E-state index contributed by atoms with van der Waals surface area (Å²) >= 11 is 0. The lowest BCUT2D eigenvalue weighted by molar-refractivity contribution is -0.832. The first-order chi connectivity index (χ1) is 56.4. The molecule has 4 atom stereocenters. The molecule has 0 aliphatic heterocycles. The third kappa shape index (κ3) is 57.8. The molecule has 1 amide bonds. The van der Waals surface area contributed by atoms with Gasteiger partial charge in [0.1, 0.15) is 61.2 Å². The molecule has 0 saturated carbocycles. The number of hydrogen-bond donors (Lipinski definition) is 6.